The van der Waals surface area contributed by atoms with Crippen LogP contribution < -0.4 is 4.90 Å². The van der Waals surface area contributed by atoms with Gasteiger partial charge in [-0.05, 0) is 25.5 Å². The van der Waals surface area contributed by atoms with Gasteiger partial charge in [-0.2, -0.15) is 0 Å². The smallest absolute Gasteiger partial charge is 0.0648 e. The summed E-state index contributed by atoms with van der Waals surface area (Å²) >= 11 is 5.77. The molecule has 0 N–H and O–H groups in total. The van der Waals surface area contributed by atoms with Gasteiger partial charge in [0.1, 0.15) is 0 Å². The Labute approximate surface area is 97.3 Å². The normalized spacial score (nSPS) is 10.3. The Kier molecular flexibility index (Phi) is 5.48. The first-order chi connectivity index (χ1) is 7.31. The Bertz CT molecular complexity index is 289. The second-order valence-corrected chi connectivity index (χ2v) is 3.84. The van der Waals surface area contributed by atoms with Crippen molar-refractivity contribution in [3.63, 3.8) is 0 Å². The van der Waals surface area contributed by atoms with E-state index in [1.54, 1.807) is 0 Å². The zero-order valence-corrected chi connectivity index (χ0v) is 10.3. The highest BCUT2D eigenvalue weighted by molar-refractivity contribution is 6.16. The molecule has 0 aliphatic rings. The van der Waals surface area contributed by atoms with Crippen molar-refractivity contribution in [3.8, 4) is 0 Å². The summed E-state index contributed by atoms with van der Waals surface area (Å²) in [6.07, 6.45) is 4.29. The van der Waals surface area contributed by atoms with E-state index in [0.717, 1.165) is 18.8 Å². The SMILES string of the molecule is CCCCN(CC)c1ccnc(CCl)c1. The van der Waals surface area contributed by atoms with Gasteiger partial charge in [0.15, 0.2) is 0 Å². The average molecular weight is 227 g/mol. The minimum absolute atomic E-state index is 0.485. The Balaban J connectivity index is 2.72. The van der Waals surface area contributed by atoms with E-state index in [9.17, 15) is 0 Å². The van der Waals surface area contributed by atoms with Gasteiger partial charge in [0.25, 0.3) is 0 Å². The fourth-order valence-electron chi connectivity index (χ4n) is 1.55. The van der Waals surface area contributed by atoms with Gasteiger partial charge in [-0.3, -0.25) is 4.98 Å². The van der Waals surface area contributed by atoms with Gasteiger partial charge in [0.05, 0.1) is 11.6 Å². The third-order valence-electron chi connectivity index (χ3n) is 2.47. The van der Waals surface area contributed by atoms with Gasteiger partial charge < -0.3 is 4.90 Å². The van der Waals surface area contributed by atoms with Crippen LogP contribution in [0.5, 0.6) is 0 Å². The molecule has 0 aliphatic carbocycles. The van der Waals surface area contributed by atoms with Crippen LogP contribution in [0, 0.1) is 0 Å². The van der Waals surface area contributed by atoms with Gasteiger partial charge >= 0.3 is 0 Å². The van der Waals surface area contributed by atoms with Crippen LogP contribution >= 0.6 is 11.6 Å². The molecular formula is C12H19ClN2. The number of halogens is 1. The third kappa shape index (κ3) is 3.71. The average Bonchev–Trinajstić information content (AvgIpc) is 2.30. The van der Waals surface area contributed by atoms with E-state index in [4.69, 9.17) is 11.6 Å². The Morgan fingerprint density at radius 2 is 2.20 bits per heavy atom. The Morgan fingerprint density at radius 1 is 1.40 bits per heavy atom. The summed E-state index contributed by atoms with van der Waals surface area (Å²) in [6, 6.07) is 4.13. The van der Waals surface area contributed by atoms with Crippen molar-refractivity contribution in [1.82, 2.24) is 4.98 Å². The molecule has 2 nitrogen and oxygen atoms in total. The summed E-state index contributed by atoms with van der Waals surface area (Å²) in [7, 11) is 0. The van der Waals surface area contributed by atoms with E-state index in [1.807, 2.05) is 6.20 Å². The minimum atomic E-state index is 0.485. The summed E-state index contributed by atoms with van der Waals surface area (Å²) in [4.78, 5) is 6.56. The molecule has 0 aliphatic heterocycles. The molecule has 0 aromatic carbocycles. The van der Waals surface area contributed by atoms with Crippen molar-refractivity contribution in [3.05, 3.63) is 24.0 Å². The van der Waals surface area contributed by atoms with Gasteiger partial charge in [0.2, 0.25) is 0 Å². The first-order valence-corrected chi connectivity index (χ1v) is 6.11. The summed E-state index contributed by atoms with van der Waals surface area (Å²) in [6.45, 7) is 6.53. The fourth-order valence-corrected chi connectivity index (χ4v) is 1.70. The second kappa shape index (κ2) is 6.67. The highest BCUT2D eigenvalue weighted by Crippen LogP contribution is 2.16. The number of aromatic nitrogens is 1. The molecule has 0 saturated heterocycles. The van der Waals surface area contributed by atoms with E-state index < -0.39 is 0 Å². The maximum atomic E-state index is 5.77. The Hall–Kier alpha value is -0.760. The summed E-state index contributed by atoms with van der Waals surface area (Å²) in [5.74, 6) is 0.485. The number of rotatable bonds is 6. The van der Waals surface area contributed by atoms with Crippen molar-refractivity contribution in [2.45, 2.75) is 32.6 Å². The van der Waals surface area contributed by atoms with Crippen molar-refractivity contribution in [1.29, 1.82) is 0 Å². The number of nitrogens with zero attached hydrogens (tertiary/aromatic N) is 2. The molecule has 84 valence electrons. The van der Waals surface area contributed by atoms with Gasteiger partial charge in [0, 0.05) is 25.0 Å². The molecule has 0 unspecified atom stereocenters. The molecule has 1 aromatic heterocycles. The van der Waals surface area contributed by atoms with E-state index in [-0.39, 0.29) is 0 Å². The molecule has 0 spiro atoms. The van der Waals surface area contributed by atoms with Crippen LogP contribution in [-0.2, 0) is 5.88 Å². The molecule has 15 heavy (non-hydrogen) atoms. The molecule has 1 rings (SSSR count). The first kappa shape index (κ1) is 12.3. The van der Waals surface area contributed by atoms with E-state index in [0.29, 0.717) is 5.88 Å². The highest BCUT2D eigenvalue weighted by atomic mass is 35.5. The maximum absolute atomic E-state index is 5.77. The molecular weight excluding hydrogens is 208 g/mol. The lowest BCUT2D eigenvalue weighted by Crippen LogP contribution is -2.23. The van der Waals surface area contributed by atoms with Crippen LogP contribution in [0.1, 0.15) is 32.4 Å². The molecule has 1 aromatic rings. The van der Waals surface area contributed by atoms with Crippen LogP contribution in [-0.4, -0.2) is 18.1 Å². The van der Waals surface area contributed by atoms with Crippen LogP contribution in [0.4, 0.5) is 5.69 Å². The number of unbranched alkanes of at least 4 members (excludes halogenated alkanes) is 1. The van der Waals surface area contributed by atoms with Gasteiger partial charge in [-0.25, -0.2) is 0 Å². The minimum Gasteiger partial charge on any atom is -0.372 e. The molecule has 1 heterocycles. The maximum Gasteiger partial charge on any atom is 0.0648 e. The van der Waals surface area contributed by atoms with Crippen LogP contribution in [0.25, 0.3) is 0 Å². The van der Waals surface area contributed by atoms with Crippen molar-refractivity contribution >= 4 is 17.3 Å². The molecule has 0 saturated carbocycles. The molecule has 0 amide bonds. The zero-order valence-electron chi connectivity index (χ0n) is 9.54. The van der Waals surface area contributed by atoms with Crippen molar-refractivity contribution < 1.29 is 0 Å². The molecule has 0 bridgehead atoms. The predicted molar refractivity (Wildman–Crippen MR) is 66.6 cm³/mol. The van der Waals surface area contributed by atoms with Gasteiger partial charge in [-0.15, -0.1) is 11.6 Å². The summed E-state index contributed by atoms with van der Waals surface area (Å²) < 4.78 is 0. The van der Waals surface area contributed by atoms with Crippen molar-refractivity contribution in [2.24, 2.45) is 0 Å². The number of hydrogen-bond donors (Lipinski definition) is 0. The highest BCUT2D eigenvalue weighted by Gasteiger charge is 2.04. The lowest BCUT2D eigenvalue weighted by Gasteiger charge is -2.23. The number of anilines is 1. The number of pyridine rings is 1. The van der Waals surface area contributed by atoms with E-state index in [1.165, 1.54) is 18.5 Å². The number of alkyl halides is 1. The van der Waals surface area contributed by atoms with Gasteiger partial charge in [-0.1, -0.05) is 13.3 Å². The van der Waals surface area contributed by atoms with Crippen molar-refractivity contribution in [2.75, 3.05) is 18.0 Å². The van der Waals surface area contributed by atoms with Crippen LogP contribution in [0.15, 0.2) is 18.3 Å². The molecule has 0 fully saturated rings. The predicted octanol–water partition coefficient (Wildman–Crippen LogP) is 3.45. The largest absolute Gasteiger partial charge is 0.372 e. The first-order valence-electron chi connectivity index (χ1n) is 5.57. The number of hydrogen-bond acceptors (Lipinski definition) is 2. The second-order valence-electron chi connectivity index (χ2n) is 3.57. The molecule has 0 radical (unpaired) electrons. The topological polar surface area (TPSA) is 16.1 Å². The van der Waals surface area contributed by atoms with Crippen LogP contribution in [0.2, 0.25) is 0 Å². The Morgan fingerprint density at radius 3 is 2.80 bits per heavy atom. The lowest BCUT2D eigenvalue weighted by molar-refractivity contribution is 0.731. The third-order valence-corrected chi connectivity index (χ3v) is 2.74. The van der Waals surface area contributed by atoms with E-state index in [2.05, 4.69) is 35.9 Å². The lowest BCUT2D eigenvalue weighted by atomic mass is 10.2. The zero-order chi connectivity index (χ0) is 11.1. The standard InChI is InChI=1S/C12H19ClN2/c1-3-5-8-15(4-2)12-6-7-14-11(9-12)10-13/h6-7,9H,3-5,8,10H2,1-2H3. The summed E-state index contributed by atoms with van der Waals surface area (Å²) in [5.41, 5.74) is 2.18. The monoisotopic (exact) mass is 226 g/mol. The van der Waals surface area contributed by atoms with Crippen LogP contribution in [0.3, 0.4) is 0 Å². The quantitative estimate of drug-likeness (QED) is 0.691. The fraction of sp³-hybridized carbons (Fsp3) is 0.583. The summed E-state index contributed by atoms with van der Waals surface area (Å²) in [5, 5.41) is 0. The molecule has 0 atom stereocenters. The van der Waals surface area contributed by atoms with E-state index >= 15 is 0 Å². The molecule has 3 heteroatoms.